The van der Waals surface area contributed by atoms with E-state index in [-0.39, 0.29) is 18.4 Å². The van der Waals surface area contributed by atoms with Gasteiger partial charge in [0.1, 0.15) is 6.29 Å². The van der Waals surface area contributed by atoms with Gasteiger partial charge in [-0.3, -0.25) is 4.79 Å². The SMILES string of the molecule is CCCCNC(c1ccc(C=O)cc1)C(Cl)(Cl)Cl.Cl. The van der Waals surface area contributed by atoms with Crippen LogP contribution in [-0.4, -0.2) is 16.6 Å². The molecule has 0 spiro atoms. The monoisotopic (exact) mass is 343 g/mol. The molecule has 1 aromatic rings. The van der Waals surface area contributed by atoms with Gasteiger partial charge in [-0.25, -0.2) is 0 Å². The summed E-state index contributed by atoms with van der Waals surface area (Å²) in [5.41, 5.74) is 1.46. The molecule has 0 heterocycles. The van der Waals surface area contributed by atoms with Crippen molar-refractivity contribution in [3.05, 3.63) is 35.4 Å². The standard InChI is InChI=1S/C13H16Cl3NO.ClH/c1-2-3-8-17-12(13(14,15)16)11-6-4-10(9-18)5-7-11;/h4-7,9,12,17H,2-3,8H2,1H3;1H. The topological polar surface area (TPSA) is 29.1 Å². The minimum absolute atomic E-state index is 0. The molecule has 1 atom stereocenters. The summed E-state index contributed by atoms with van der Waals surface area (Å²) in [5, 5.41) is 3.23. The number of halogens is 4. The Kier molecular flexibility index (Phi) is 9.04. The highest BCUT2D eigenvalue weighted by Gasteiger charge is 2.33. The molecule has 0 saturated heterocycles. The number of aldehydes is 1. The third-order valence-corrected chi connectivity index (χ3v) is 3.27. The molecular formula is C13H17Cl4NO. The van der Waals surface area contributed by atoms with Gasteiger partial charge in [-0.05, 0) is 18.5 Å². The number of rotatable bonds is 6. The second-order valence-corrected chi connectivity index (χ2v) is 6.44. The lowest BCUT2D eigenvalue weighted by atomic mass is 10.1. The zero-order valence-corrected chi connectivity index (χ0v) is 13.6. The van der Waals surface area contributed by atoms with E-state index in [0.29, 0.717) is 5.56 Å². The molecule has 1 N–H and O–H groups in total. The minimum Gasteiger partial charge on any atom is -0.306 e. The van der Waals surface area contributed by atoms with Crippen LogP contribution >= 0.6 is 47.2 Å². The van der Waals surface area contributed by atoms with Crippen molar-refractivity contribution < 1.29 is 4.79 Å². The fraction of sp³-hybridized carbons (Fsp3) is 0.462. The lowest BCUT2D eigenvalue weighted by molar-refractivity contribution is 0.112. The third kappa shape index (κ3) is 6.33. The van der Waals surface area contributed by atoms with Crippen LogP contribution in [0, 0.1) is 0 Å². The molecular weight excluding hydrogens is 328 g/mol. The van der Waals surface area contributed by atoms with Crippen LogP contribution in [0.5, 0.6) is 0 Å². The van der Waals surface area contributed by atoms with Gasteiger partial charge in [0, 0.05) is 5.56 Å². The van der Waals surface area contributed by atoms with Crippen LogP contribution in [0.4, 0.5) is 0 Å². The van der Waals surface area contributed by atoms with Gasteiger partial charge in [-0.1, -0.05) is 72.4 Å². The van der Waals surface area contributed by atoms with Gasteiger partial charge >= 0.3 is 0 Å². The average molecular weight is 345 g/mol. The average Bonchev–Trinajstić information content (AvgIpc) is 2.33. The maximum absolute atomic E-state index is 10.6. The van der Waals surface area contributed by atoms with E-state index in [1.54, 1.807) is 24.3 Å². The first-order valence-corrected chi connectivity index (χ1v) is 6.97. The van der Waals surface area contributed by atoms with E-state index in [1.807, 2.05) is 0 Å². The maximum Gasteiger partial charge on any atom is 0.209 e. The Hall–Kier alpha value is 0.0100. The van der Waals surface area contributed by atoms with Crippen LogP contribution in [0.15, 0.2) is 24.3 Å². The molecule has 0 amide bonds. The van der Waals surface area contributed by atoms with E-state index in [2.05, 4.69) is 12.2 Å². The molecule has 1 unspecified atom stereocenters. The Morgan fingerprint density at radius 1 is 1.26 bits per heavy atom. The molecule has 0 aliphatic rings. The predicted molar refractivity (Wildman–Crippen MR) is 85.0 cm³/mol. The van der Waals surface area contributed by atoms with Crippen LogP contribution in [0.3, 0.4) is 0 Å². The van der Waals surface area contributed by atoms with Crippen LogP contribution in [0.25, 0.3) is 0 Å². The predicted octanol–water partition coefficient (Wildman–Crippen LogP) is 4.72. The zero-order chi connectivity index (χ0) is 13.6. The Bertz CT molecular complexity index is 375. The fourth-order valence-corrected chi connectivity index (χ4v) is 2.22. The Labute approximate surface area is 135 Å². The summed E-state index contributed by atoms with van der Waals surface area (Å²) < 4.78 is -1.42. The molecule has 2 nitrogen and oxygen atoms in total. The fourth-order valence-electron chi connectivity index (χ4n) is 1.61. The minimum atomic E-state index is -1.42. The van der Waals surface area contributed by atoms with Crippen molar-refractivity contribution in [2.24, 2.45) is 0 Å². The van der Waals surface area contributed by atoms with Crippen LogP contribution < -0.4 is 5.32 Å². The van der Waals surface area contributed by atoms with Gasteiger partial charge < -0.3 is 5.32 Å². The highest BCUT2D eigenvalue weighted by Crippen LogP contribution is 2.39. The molecule has 1 aromatic carbocycles. The lowest BCUT2D eigenvalue weighted by Gasteiger charge is -2.26. The molecule has 6 heteroatoms. The summed E-state index contributed by atoms with van der Waals surface area (Å²) in [5.74, 6) is 0. The lowest BCUT2D eigenvalue weighted by Crippen LogP contribution is -2.32. The number of alkyl halides is 3. The van der Waals surface area contributed by atoms with E-state index in [0.717, 1.165) is 31.2 Å². The molecule has 1 rings (SSSR count). The number of carbonyl (C=O) groups excluding carboxylic acids is 1. The molecule has 0 aromatic heterocycles. The summed E-state index contributed by atoms with van der Waals surface area (Å²) in [6.45, 7) is 2.88. The number of hydrogen-bond donors (Lipinski definition) is 1. The Morgan fingerprint density at radius 2 is 1.84 bits per heavy atom. The Balaban J connectivity index is 0.00000324. The van der Waals surface area contributed by atoms with Gasteiger partial charge in [0.25, 0.3) is 0 Å². The molecule has 0 aliphatic carbocycles. The van der Waals surface area contributed by atoms with E-state index < -0.39 is 3.79 Å². The molecule has 19 heavy (non-hydrogen) atoms. The third-order valence-electron chi connectivity index (χ3n) is 2.61. The number of hydrogen-bond acceptors (Lipinski definition) is 2. The van der Waals surface area contributed by atoms with Gasteiger partial charge in [0.05, 0.1) is 6.04 Å². The summed E-state index contributed by atoms with van der Waals surface area (Å²) in [4.78, 5) is 10.6. The zero-order valence-electron chi connectivity index (χ0n) is 10.5. The maximum atomic E-state index is 10.6. The molecule has 0 radical (unpaired) electrons. The number of carbonyl (C=O) groups is 1. The van der Waals surface area contributed by atoms with Crippen molar-refractivity contribution >= 4 is 53.5 Å². The normalized spacial score (nSPS) is 12.6. The molecule has 0 aliphatic heterocycles. The van der Waals surface area contributed by atoms with Crippen molar-refractivity contribution in [2.75, 3.05) is 6.54 Å². The molecule has 0 saturated carbocycles. The number of unbranched alkanes of at least 4 members (excludes halogenated alkanes) is 1. The van der Waals surface area contributed by atoms with Crippen LogP contribution in [0.1, 0.15) is 41.7 Å². The number of benzene rings is 1. The van der Waals surface area contributed by atoms with Crippen molar-refractivity contribution in [3.63, 3.8) is 0 Å². The molecule has 0 bridgehead atoms. The summed E-state index contributed by atoms with van der Waals surface area (Å²) in [7, 11) is 0. The van der Waals surface area contributed by atoms with Crippen molar-refractivity contribution in [1.82, 2.24) is 5.32 Å². The first kappa shape index (κ1) is 19.0. The largest absolute Gasteiger partial charge is 0.306 e. The molecule has 108 valence electrons. The quantitative estimate of drug-likeness (QED) is 0.459. The smallest absolute Gasteiger partial charge is 0.209 e. The van der Waals surface area contributed by atoms with Gasteiger partial charge in [-0.2, -0.15) is 0 Å². The summed E-state index contributed by atoms with van der Waals surface area (Å²) in [6, 6.07) is 6.65. The first-order valence-electron chi connectivity index (χ1n) is 5.84. The number of nitrogens with one attached hydrogen (secondary N) is 1. The van der Waals surface area contributed by atoms with Gasteiger partial charge in [-0.15, -0.1) is 12.4 Å². The second-order valence-electron chi connectivity index (χ2n) is 4.07. The molecule has 0 fully saturated rings. The van der Waals surface area contributed by atoms with Crippen molar-refractivity contribution in [3.8, 4) is 0 Å². The van der Waals surface area contributed by atoms with E-state index in [1.165, 1.54) is 0 Å². The van der Waals surface area contributed by atoms with Gasteiger partial charge in [0.2, 0.25) is 3.79 Å². The van der Waals surface area contributed by atoms with E-state index in [9.17, 15) is 4.79 Å². The van der Waals surface area contributed by atoms with Gasteiger partial charge in [0.15, 0.2) is 0 Å². The summed E-state index contributed by atoms with van der Waals surface area (Å²) in [6.07, 6.45) is 2.88. The van der Waals surface area contributed by atoms with Crippen LogP contribution in [-0.2, 0) is 0 Å². The Morgan fingerprint density at radius 3 is 2.26 bits per heavy atom. The highest BCUT2D eigenvalue weighted by atomic mass is 35.6. The van der Waals surface area contributed by atoms with Crippen molar-refractivity contribution in [1.29, 1.82) is 0 Å². The van der Waals surface area contributed by atoms with E-state index >= 15 is 0 Å². The van der Waals surface area contributed by atoms with Crippen LogP contribution in [0.2, 0.25) is 0 Å². The first-order chi connectivity index (χ1) is 8.49. The van der Waals surface area contributed by atoms with E-state index in [4.69, 9.17) is 34.8 Å². The van der Waals surface area contributed by atoms with Crippen molar-refractivity contribution in [2.45, 2.75) is 29.6 Å². The highest BCUT2D eigenvalue weighted by molar-refractivity contribution is 6.68. The second kappa shape index (κ2) is 9.04. The summed E-state index contributed by atoms with van der Waals surface area (Å²) >= 11 is 18.0.